The lowest BCUT2D eigenvalue weighted by atomic mass is 9.93. The Morgan fingerprint density at radius 1 is 1.00 bits per heavy atom. The zero-order chi connectivity index (χ0) is 20.5. The van der Waals surface area contributed by atoms with E-state index in [1.54, 1.807) is 48.9 Å². The van der Waals surface area contributed by atoms with Crippen LogP contribution in [-0.4, -0.2) is 14.7 Å². The van der Waals surface area contributed by atoms with Gasteiger partial charge in [0.25, 0.3) is 0 Å². The second-order valence-electron chi connectivity index (χ2n) is 6.71. The Balaban J connectivity index is 2.02. The summed E-state index contributed by atoms with van der Waals surface area (Å²) in [6.07, 6.45) is 3.99. The highest BCUT2D eigenvalue weighted by Gasteiger charge is 2.26. The molecule has 0 bridgehead atoms. The lowest BCUT2D eigenvalue weighted by Gasteiger charge is -2.17. The van der Waals surface area contributed by atoms with Gasteiger partial charge >= 0.3 is 0 Å². The van der Waals surface area contributed by atoms with Crippen LogP contribution in [0.5, 0.6) is 0 Å². The molecule has 4 rings (SSSR count). The van der Waals surface area contributed by atoms with Gasteiger partial charge in [-0.1, -0.05) is 47.5 Å². The largest absolute Gasteiger partial charge is 0.383 e. The van der Waals surface area contributed by atoms with Crippen molar-refractivity contribution in [2.24, 2.45) is 7.05 Å². The highest BCUT2D eigenvalue weighted by Crippen LogP contribution is 2.43. The van der Waals surface area contributed by atoms with Crippen molar-refractivity contribution in [3.8, 4) is 22.4 Å². The molecule has 0 aliphatic rings. The van der Waals surface area contributed by atoms with Gasteiger partial charge in [-0.15, -0.1) is 0 Å². The van der Waals surface area contributed by atoms with Crippen molar-refractivity contribution < 1.29 is 9.50 Å². The first kappa shape index (κ1) is 19.6. The van der Waals surface area contributed by atoms with E-state index in [2.05, 4.69) is 4.98 Å². The Morgan fingerprint density at radius 3 is 2.48 bits per heavy atom. The van der Waals surface area contributed by atoms with Crippen LogP contribution in [0.1, 0.15) is 17.2 Å². The molecule has 2 heterocycles. The number of aromatic nitrogens is 2. The smallest absolute Gasteiger partial charge is 0.132 e. The molecule has 29 heavy (non-hydrogen) atoms. The van der Waals surface area contributed by atoms with Crippen molar-refractivity contribution in [3.63, 3.8) is 0 Å². The van der Waals surface area contributed by atoms with Crippen LogP contribution in [0.3, 0.4) is 0 Å². The highest BCUT2D eigenvalue weighted by molar-refractivity contribution is 6.33. The van der Waals surface area contributed by atoms with Crippen LogP contribution in [0.2, 0.25) is 10.0 Å². The van der Waals surface area contributed by atoms with Gasteiger partial charge in [-0.2, -0.15) is 0 Å². The maximum Gasteiger partial charge on any atom is 0.132 e. The second kappa shape index (κ2) is 7.99. The molecular formula is C23H17Cl2FN2O. The molecule has 0 saturated heterocycles. The average molecular weight is 427 g/mol. The van der Waals surface area contributed by atoms with Crippen LogP contribution < -0.4 is 0 Å². The standard InChI is InChI=1S/C23H17Cl2FN2O/c1-28-13-18(16-9-8-15(24)11-20(16)26)21(23(29)14-5-4-10-27-12-14)22(28)17-6-2-3-7-19(17)25/h2-13,23,29H,1H3. The van der Waals surface area contributed by atoms with Crippen molar-refractivity contribution in [2.45, 2.75) is 6.10 Å². The van der Waals surface area contributed by atoms with E-state index in [4.69, 9.17) is 23.2 Å². The molecule has 3 nitrogen and oxygen atoms in total. The summed E-state index contributed by atoms with van der Waals surface area (Å²) in [6.45, 7) is 0. The van der Waals surface area contributed by atoms with Crippen LogP contribution >= 0.6 is 23.2 Å². The number of rotatable bonds is 4. The number of aryl methyl sites for hydroxylation is 1. The van der Waals surface area contributed by atoms with Crippen molar-refractivity contribution >= 4 is 23.2 Å². The zero-order valence-electron chi connectivity index (χ0n) is 15.5. The molecule has 4 aromatic rings. The summed E-state index contributed by atoms with van der Waals surface area (Å²) in [7, 11) is 1.84. The van der Waals surface area contributed by atoms with Crippen molar-refractivity contribution in [2.75, 3.05) is 0 Å². The van der Waals surface area contributed by atoms with E-state index in [0.29, 0.717) is 38.0 Å². The fourth-order valence-electron chi connectivity index (χ4n) is 3.54. The number of aliphatic hydroxyl groups is 1. The Labute approximate surface area is 178 Å². The lowest BCUT2D eigenvalue weighted by molar-refractivity contribution is 0.221. The molecular weight excluding hydrogens is 410 g/mol. The predicted molar refractivity (Wildman–Crippen MR) is 115 cm³/mol. The summed E-state index contributed by atoms with van der Waals surface area (Å²) in [5.74, 6) is -0.464. The number of aliphatic hydroxyl groups excluding tert-OH is 1. The summed E-state index contributed by atoms with van der Waals surface area (Å²) >= 11 is 12.4. The number of benzene rings is 2. The third-order valence-corrected chi connectivity index (χ3v) is 5.41. The van der Waals surface area contributed by atoms with Crippen molar-refractivity contribution in [1.29, 1.82) is 0 Å². The maximum absolute atomic E-state index is 14.8. The molecule has 0 saturated carbocycles. The SMILES string of the molecule is Cn1cc(-c2ccc(Cl)cc2F)c(C(O)c2cccnc2)c1-c1ccccc1Cl. The first-order chi connectivity index (χ1) is 14.0. The molecule has 6 heteroatoms. The van der Waals surface area contributed by atoms with Gasteiger partial charge in [0, 0.05) is 63.5 Å². The monoisotopic (exact) mass is 426 g/mol. The third-order valence-electron chi connectivity index (χ3n) is 4.84. The van der Waals surface area contributed by atoms with Gasteiger partial charge in [0.05, 0.1) is 5.69 Å². The van der Waals surface area contributed by atoms with Gasteiger partial charge in [-0.3, -0.25) is 4.98 Å². The molecule has 0 spiro atoms. The molecule has 0 amide bonds. The minimum Gasteiger partial charge on any atom is -0.383 e. The molecule has 1 N–H and O–H groups in total. The first-order valence-corrected chi connectivity index (χ1v) is 9.70. The van der Waals surface area contributed by atoms with Gasteiger partial charge in [-0.25, -0.2) is 4.39 Å². The highest BCUT2D eigenvalue weighted by atomic mass is 35.5. The summed E-state index contributed by atoms with van der Waals surface area (Å²) < 4.78 is 16.6. The van der Waals surface area contributed by atoms with E-state index >= 15 is 0 Å². The third kappa shape index (κ3) is 3.67. The molecule has 146 valence electrons. The molecule has 0 aliphatic heterocycles. The van der Waals surface area contributed by atoms with Crippen LogP contribution in [0.4, 0.5) is 4.39 Å². The fourth-order valence-corrected chi connectivity index (χ4v) is 3.92. The first-order valence-electron chi connectivity index (χ1n) is 8.95. The van der Waals surface area contributed by atoms with Crippen LogP contribution in [-0.2, 0) is 7.05 Å². The topological polar surface area (TPSA) is 38.0 Å². The van der Waals surface area contributed by atoms with Gasteiger partial charge in [-0.05, 0) is 30.3 Å². The number of hydrogen-bond acceptors (Lipinski definition) is 2. The maximum atomic E-state index is 14.8. The molecule has 0 aliphatic carbocycles. The molecule has 0 fully saturated rings. The lowest BCUT2D eigenvalue weighted by Crippen LogP contribution is -2.04. The van der Waals surface area contributed by atoms with E-state index in [0.717, 1.165) is 5.56 Å². The molecule has 1 atom stereocenters. The van der Waals surface area contributed by atoms with Gasteiger partial charge in [0.1, 0.15) is 11.9 Å². The van der Waals surface area contributed by atoms with Crippen LogP contribution in [0.25, 0.3) is 22.4 Å². The van der Waals surface area contributed by atoms with Gasteiger partial charge < -0.3 is 9.67 Å². The average Bonchev–Trinajstić information content (AvgIpc) is 3.05. The number of nitrogens with zero attached hydrogens (tertiary/aromatic N) is 2. The van der Waals surface area contributed by atoms with E-state index in [1.165, 1.54) is 6.07 Å². The van der Waals surface area contributed by atoms with E-state index < -0.39 is 11.9 Å². The second-order valence-corrected chi connectivity index (χ2v) is 7.55. The summed E-state index contributed by atoms with van der Waals surface area (Å²) in [4.78, 5) is 4.11. The Hall–Kier alpha value is -2.66. The molecule has 0 radical (unpaired) electrons. The normalized spacial score (nSPS) is 12.2. The number of halogens is 3. The van der Waals surface area contributed by atoms with Crippen LogP contribution in [0.15, 0.2) is 73.2 Å². The quantitative estimate of drug-likeness (QED) is 0.416. The van der Waals surface area contributed by atoms with E-state index in [9.17, 15) is 9.50 Å². The predicted octanol–water partition coefficient (Wildman–Crippen LogP) is 6.28. The van der Waals surface area contributed by atoms with Crippen molar-refractivity contribution in [3.05, 3.63) is 100 Å². The van der Waals surface area contributed by atoms with Crippen LogP contribution in [0, 0.1) is 5.82 Å². The molecule has 1 unspecified atom stereocenters. The zero-order valence-corrected chi connectivity index (χ0v) is 17.0. The van der Waals surface area contributed by atoms with E-state index in [1.807, 2.05) is 29.8 Å². The minimum absolute atomic E-state index is 0.308. The number of pyridine rings is 1. The van der Waals surface area contributed by atoms with E-state index in [-0.39, 0.29) is 0 Å². The molecule has 2 aromatic heterocycles. The summed E-state index contributed by atoms with van der Waals surface area (Å²) in [6, 6.07) is 15.4. The fraction of sp³-hybridized carbons (Fsp3) is 0.0870. The van der Waals surface area contributed by atoms with Crippen molar-refractivity contribution in [1.82, 2.24) is 9.55 Å². The minimum atomic E-state index is -1.03. The Morgan fingerprint density at radius 2 is 1.79 bits per heavy atom. The summed E-state index contributed by atoms with van der Waals surface area (Å²) in [5, 5.41) is 12.1. The molecule has 2 aromatic carbocycles. The van der Waals surface area contributed by atoms with Gasteiger partial charge in [0.2, 0.25) is 0 Å². The number of hydrogen-bond donors (Lipinski definition) is 1. The Kier molecular flexibility index (Phi) is 5.41. The summed E-state index contributed by atoms with van der Waals surface area (Å²) in [5.41, 5.74) is 3.51. The Bertz CT molecular complexity index is 1170. The van der Waals surface area contributed by atoms with Gasteiger partial charge in [0.15, 0.2) is 0 Å².